The maximum atomic E-state index is 6.22. The van der Waals surface area contributed by atoms with Crippen LogP contribution in [0.1, 0.15) is 51.3 Å². The first-order chi connectivity index (χ1) is 8.34. The lowest BCUT2D eigenvalue weighted by molar-refractivity contribution is 0.591. The molecule has 2 rings (SSSR count). The summed E-state index contributed by atoms with van der Waals surface area (Å²) >= 11 is 0. The highest BCUT2D eigenvalue weighted by Crippen LogP contribution is 2.31. The smallest absolute Gasteiger partial charge is 0.0481 e. The molecule has 0 amide bonds. The lowest BCUT2D eigenvalue weighted by atomic mass is 9.86. The molecule has 0 aliphatic rings. The van der Waals surface area contributed by atoms with Crippen molar-refractivity contribution < 1.29 is 0 Å². The predicted octanol–water partition coefficient (Wildman–Crippen LogP) is 3.89. The minimum Gasteiger partial charge on any atom is -0.350 e. The van der Waals surface area contributed by atoms with Crippen LogP contribution in [0.15, 0.2) is 24.4 Å². The molecule has 2 N–H and O–H groups in total. The van der Waals surface area contributed by atoms with Gasteiger partial charge in [-0.1, -0.05) is 33.8 Å². The van der Waals surface area contributed by atoms with Gasteiger partial charge in [0.05, 0.1) is 0 Å². The van der Waals surface area contributed by atoms with Crippen molar-refractivity contribution >= 4 is 10.9 Å². The largest absolute Gasteiger partial charge is 0.350 e. The van der Waals surface area contributed by atoms with Gasteiger partial charge in [-0.05, 0) is 35.1 Å². The summed E-state index contributed by atoms with van der Waals surface area (Å²) in [6.07, 6.45) is 3.14. The van der Waals surface area contributed by atoms with Crippen LogP contribution in [0.5, 0.6) is 0 Å². The van der Waals surface area contributed by atoms with Crippen molar-refractivity contribution in [3.63, 3.8) is 0 Å². The minimum atomic E-state index is 0.129. The van der Waals surface area contributed by atoms with E-state index in [1.807, 2.05) is 0 Å². The van der Waals surface area contributed by atoms with Gasteiger partial charge in [-0.3, -0.25) is 0 Å². The number of fused-ring (bicyclic) bond motifs is 1. The average Bonchev–Trinajstić information content (AvgIpc) is 2.64. The molecule has 0 aliphatic heterocycles. The molecule has 1 atom stereocenters. The number of nitrogens with zero attached hydrogens (tertiary/aromatic N) is 1. The van der Waals surface area contributed by atoms with Crippen LogP contribution in [0.25, 0.3) is 10.9 Å². The molecule has 0 radical (unpaired) electrons. The first-order valence-corrected chi connectivity index (χ1v) is 6.69. The fourth-order valence-corrected chi connectivity index (χ4v) is 2.40. The third kappa shape index (κ3) is 2.17. The zero-order chi connectivity index (χ0) is 13.5. The number of hydrogen-bond donors (Lipinski definition) is 1. The molecule has 1 heterocycles. The summed E-state index contributed by atoms with van der Waals surface area (Å²) in [5.41, 5.74) is 10.3. The second-order valence-electron chi connectivity index (χ2n) is 6.19. The molecule has 1 aromatic carbocycles. The highest BCUT2D eigenvalue weighted by atomic mass is 14.9. The van der Waals surface area contributed by atoms with E-state index in [1.165, 1.54) is 22.0 Å². The SMILES string of the molecule is CCC(N)c1cn(C)c2ccc(C(C)(C)C)cc12. The summed E-state index contributed by atoms with van der Waals surface area (Å²) in [6.45, 7) is 8.88. The monoisotopic (exact) mass is 244 g/mol. The standard InChI is InChI=1S/C16H24N2/c1-6-14(17)13-10-18(5)15-8-7-11(9-12(13)15)16(2,3)4/h7-10,14H,6,17H2,1-5H3. The molecule has 0 spiro atoms. The van der Waals surface area contributed by atoms with E-state index in [0.717, 1.165) is 6.42 Å². The third-order valence-corrected chi connectivity index (χ3v) is 3.73. The van der Waals surface area contributed by atoms with Crippen LogP contribution < -0.4 is 5.73 Å². The van der Waals surface area contributed by atoms with E-state index in [0.29, 0.717) is 0 Å². The second kappa shape index (κ2) is 4.43. The van der Waals surface area contributed by atoms with E-state index < -0.39 is 0 Å². The topological polar surface area (TPSA) is 30.9 Å². The Hall–Kier alpha value is -1.28. The Morgan fingerprint density at radius 2 is 1.94 bits per heavy atom. The van der Waals surface area contributed by atoms with Crippen LogP contribution in [0.2, 0.25) is 0 Å². The van der Waals surface area contributed by atoms with Crippen LogP contribution in [-0.2, 0) is 12.5 Å². The maximum Gasteiger partial charge on any atom is 0.0481 e. The van der Waals surface area contributed by atoms with Crippen LogP contribution in [0.4, 0.5) is 0 Å². The summed E-state index contributed by atoms with van der Waals surface area (Å²) in [7, 11) is 2.09. The Morgan fingerprint density at radius 1 is 1.28 bits per heavy atom. The molecule has 1 aromatic heterocycles. The van der Waals surface area contributed by atoms with Crippen molar-refractivity contribution in [1.82, 2.24) is 4.57 Å². The quantitative estimate of drug-likeness (QED) is 0.853. The van der Waals surface area contributed by atoms with Gasteiger partial charge in [0.2, 0.25) is 0 Å². The van der Waals surface area contributed by atoms with Crippen LogP contribution in [-0.4, -0.2) is 4.57 Å². The molecule has 2 nitrogen and oxygen atoms in total. The van der Waals surface area contributed by atoms with E-state index in [1.54, 1.807) is 0 Å². The lowest BCUT2D eigenvalue weighted by Crippen LogP contribution is -2.11. The van der Waals surface area contributed by atoms with Gasteiger partial charge in [0.1, 0.15) is 0 Å². The van der Waals surface area contributed by atoms with Crippen LogP contribution in [0, 0.1) is 0 Å². The lowest BCUT2D eigenvalue weighted by Gasteiger charge is -2.19. The molecule has 0 aliphatic carbocycles. The zero-order valence-corrected chi connectivity index (χ0v) is 12.1. The molecule has 98 valence electrons. The van der Waals surface area contributed by atoms with Crippen molar-refractivity contribution in [2.75, 3.05) is 0 Å². The molecule has 18 heavy (non-hydrogen) atoms. The minimum absolute atomic E-state index is 0.129. The van der Waals surface area contributed by atoms with E-state index in [2.05, 4.69) is 63.7 Å². The van der Waals surface area contributed by atoms with Gasteiger partial charge in [0.15, 0.2) is 0 Å². The van der Waals surface area contributed by atoms with Gasteiger partial charge >= 0.3 is 0 Å². The molecule has 0 fully saturated rings. The normalized spacial score (nSPS) is 14.1. The fourth-order valence-electron chi connectivity index (χ4n) is 2.40. The van der Waals surface area contributed by atoms with E-state index in [-0.39, 0.29) is 11.5 Å². The summed E-state index contributed by atoms with van der Waals surface area (Å²) in [6, 6.07) is 6.87. The number of rotatable bonds is 2. The van der Waals surface area contributed by atoms with Crippen LogP contribution >= 0.6 is 0 Å². The van der Waals surface area contributed by atoms with E-state index >= 15 is 0 Å². The van der Waals surface area contributed by atoms with Crippen molar-refractivity contribution in [3.05, 3.63) is 35.5 Å². The molecule has 2 aromatic rings. The number of hydrogen-bond acceptors (Lipinski definition) is 1. The zero-order valence-electron chi connectivity index (χ0n) is 12.1. The summed E-state index contributed by atoms with van der Waals surface area (Å²) in [4.78, 5) is 0. The third-order valence-electron chi connectivity index (χ3n) is 3.73. The summed E-state index contributed by atoms with van der Waals surface area (Å²) in [5, 5.41) is 1.30. The van der Waals surface area contributed by atoms with Crippen molar-refractivity contribution in [1.29, 1.82) is 0 Å². The molecular formula is C16H24N2. The molecule has 0 bridgehead atoms. The predicted molar refractivity (Wildman–Crippen MR) is 78.8 cm³/mol. The Kier molecular flexibility index (Phi) is 3.24. The van der Waals surface area contributed by atoms with Crippen LogP contribution in [0.3, 0.4) is 0 Å². The molecule has 0 saturated heterocycles. The van der Waals surface area contributed by atoms with Crippen molar-refractivity contribution in [3.8, 4) is 0 Å². The first kappa shape index (κ1) is 13.2. The Labute approximate surface area is 110 Å². The molecule has 2 heteroatoms. The first-order valence-electron chi connectivity index (χ1n) is 6.69. The molecule has 0 saturated carbocycles. The summed E-state index contributed by atoms with van der Waals surface area (Å²) in [5.74, 6) is 0. The fraction of sp³-hybridized carbons (Fsp3) is 0.500. The van der Waals surface area contributed by atoms with Gasteiger partial charge in [0, 0.05) is 30.2 Å². The number of aromatic nitrogens is 1. The molecule has 1 unspecified atom stereocenters. The Bertz CT molecular complexity index is 558. The van der Waals surface area contributed by atoms with Gasteiger partial charge in [-0.15, -0.1) is 0 Å². The maximum absolute atomic E-state index is 6.22. The van der Waals surface area contributed by atoms with Gasteiger partial charge in [0.25, 0.3) is 0 Å². The highest BCUT2D eigenvalue weighted by molar-refractivity contribution is 5.85. The highest BCUT2D eigenvalue weighted by Gasteiger charge is 2.17. The number of benzene rings is 1. The number of nitrogens with two attached hydrogens (primary N) is 1. The second-order valence-corrected chi connectivity index (χ2v) is 6.19. The van der Waals surface area contributed by atoms with Gasteiger partial charge in [-0.25, -0.2) is 0 Å². The van der Waals surface area contributed by atoms with Crippen molar-refractivity contribution in [2.24, 2.45) is 12.8 Å². The van der Waals surface area contributed by atoms with Crippen molar-refractivity contribution in [2.45, 2.75) is 45.6 Å². The van der Waals surface area contributed by atoms with Gasteiger partial charge < -0.3 is 10.3 Å². The Balaban J connectivity index is 2.67. The Morgan fingerprint density at radius 3 is 2.50 bits per heavy atom. The van der Waals surface area contributed by atoms with E-state index in [4.69, 9.17) is 5.73 Å². The molecular weight excluding hydrogens is 220 g/mol. The number of aryl methyl sites for hydroxylation is 1. The summed E-state index contributed by atoms with van der Waals surface area (Å²) < 4.78 is 2.17. The van der Waals surface area contributed by atoms with E-state index in [9.17, 15) is 0 Å². The van der Waals surface area contributed by atoms with Gasteiger partial charge in [-0.2, -0.15) is 0 Å². The average molecular weight is 244 g/mol.